The Morgan fingerprint density at radius 2 is 1.15 bits per heavy atom. The van der Waals surface area contributed by atoms with E-state index < -0.39 is 0 Å². The molecule has 10 aromatic rings. The van der Waals surface area contributed by atoms with E-state index in [4.69, 9.17) is 4.42 Å². The predicted octanol–water partition coefficient (Wildman–Crippen LogP) is 13.4. The number of nitrogens with zero attached hydrogens (tertiary/aromatic N) is 1. The van der Waals surface area contributed by atoms with Crippen molar-refractivity contribution in [3.05, 3.63) is 164 Å². The van der Waals surface area contributed by atoms with Gasteiger partial charge in [0.15, 0.2) is 0 Å². The van der Waals surface area contributed by atoms with E-state index in [9.17, 15) is 0 Å². The van der Waals surface area contributed by atoms with Crippen molar-refractivity contribution in [2.75, 3.05) is 4.90 Å². The lowest BCUT2D eigenvalue weighted by atomic mass is 9.96. The van der Waals surface area contributed by atoms with Gasteiger partial charge in [0.05, 0.1) is 16.1 Å². The standard InChI is InChI=1S/C44H27NOS/c1-2-11-28(12-3-1)32-13-4-7-17-37(32)45(38-18-10-16-34-33-14-6-9-20-41(33)47-44(34)38)31-25-23-29-21-22-30-24-26-40-43(42(30)36(29)27-31)35-15-5-8-19-39(35)46-40/h1-27H. The third kappa shape index (κ3) is 4.04. The summed E-state index contributed by atoms with van der Waals surface area (Å²) < 4.78 is 8.93. The molecule has 0 aliphatic heterocycles. The first-order valence-corrected chi connectivity index (χ1v) is 16.7. The van der Waals surface area contributed by atoms with E-state index in [1.807, 2.05) is 17.4 Å². The van der Waals surface area contributed by atoms with E-state index in [0.29, 0.717) is 0 Å². The van der Waals surface area contributed by atoms with E-state index in [-0.39, 0.29) is 0 Å². The quantitative estimate of drug-likeness (QED) is 0.183. The first-order chi connectivity index (χ1) is 23.3. The van der Waals surface area contributed by atoms with Crippen LogP contribution >= 0.6 is 11.3 Å². The van der Waals surface area contributed by atoms with Crippen LogP contribution in [0.2, 0.25) is 0 Å². The zero-order valence-corrected chi connectivity index (χ0v) is 26.2. The molecule has 0 aliphatic rings. The Bertz CT molecular complexity index is 2810. The molecule has 0 bridgehead atoms. The maximum absolute atomic E-state index is 6.36. The highest BCUT2D eigenvalue weighted by Crippen LogP contribution is 2.48. The topological polar surface area (TPSA) is 16.4 Å². The van der Waals surface area contributed by atoms with Gasteiger partial charge in [0.25, 0.3) is 0 Å². The van der Waals surface area contributed by atoms with Gasteiger partial charge in [0.1, 0.15) is 11.2 Å². The third-order valence-corrected chi connectivity index (χ3v) is 10.6. The molecule has 0 saturated heterocycles. The van der Waals surface area contributed by atoms with Crippen LogP contribution in [0.4, 0.5) is 17.1 Å². The Morgan fingerprint density at radius 1 is 0.447 bits per heavy atom. The Labute approximate surface area is 275 Å². The van der Waals surface area contributed by atoms with Crippen LogP contribution in [0.3, 0.4) is 0 Å². The number of rotatable bonds is 4. The summed E-state index contributed by atoms with van der Waals surface area (Å²) in [6.45, 7) is 0. The third-order valence-electron chi connectivity index (χ3n) is 9.44. The van der Waals surface area contributed by atoms with Crippen LogP contribution in [-0.2, 0) is 0 Å². The van der Waals surface area contributed by atoms with Crippen LogP contribution in [-0.4, -0.2) is 0 Å². The molecule has 0 amide bonds. The zero-order chi connectivity index (χ0) is 30.9. The number of hydrogen-bond donors (Lipinski definition) is 0. The highest BCUT2D eigenvalue weighted by atomic mass is 32.1. The average molecular weight is 618 g/mol. The number of furan rings is 1. The molecule has 0 fully saturated rings. The minimum absolute atomic E-state index is 0.915. The van der Waals surface area contributed by atoms with Gasteiger partial charge in [0.2, 0.25) is 0 Å². The van der Waals surface area contributed by atoms with Gasteiger partial charge < -0.3 is 9.32 Å². The van der Waals surface area contributed by atoms with Crippen molar-refractivity contribution in [2.24, 2.45) is 0 Å². The van der Waals surface area contributed by atoms with Crippen molar-refractivity contribution in [2.45, 2.75) is 0 Å². The molecule has 0 saturated carbocycles. The maximum Gasteiger partial charge on any atom is 0.136 e. The first-order valence-electron chi connectivity index (χ1n) is 15.9. The SMILES string of the molecule is c1ccc(-c2ccccc2N(c2ccc3ccc4ccc5oc6ccccc6c5c4c3c2)c2cccc3c2sc2ccccc23)cc1. The van der Waals surface area contributed by atoms with Gasteiger partial charge in [-0.25, -0.2) is 0 Å². The first kappa shape index (κ1) is 26.3. The van der Waals surface area contributed by atoms with E-state index in [1.54, 1.807) is 0 Å². The van der Waals surface area contributed by atoms with E-state index in [2.05, 4.69) is 163 Å². The van der Waals surface area contributed by atoms with Crippen LogP contribution < -0.4 is 4.90 Å². The van der Waals surface area contributed by atoms with Crippen molar-refractivity contribution in [1.29, 1.82) is 0 Å². The van der Waals surface area contributed by atoms with Gasteiger partial charge >= 0.3 is 0 Å². The minimum atomic E-state index is 0.915. The van der Waals surface area contributed by atoms with Crippen LogP contribution in [0.25, 0.3) is 74.8 Å². The summed E-state index contributed by atoms with van der Waals surface area (Å²) in [5.41, 5.74) is 7.63. The molecular formula is C44H27NOS. The molecule has 0 unspecified atom stereocenters. The molecule has 8 aromatic carbocycles. The monoisotopic (exact) mass is 617 g/mol. The summed E-state index contributed by atoms with van der Waals surface area (Å²) >= 11 is 1.86. The molecule has 0 N–H and O–H groups in total. The highest BCUT2D eigenvalue weighted by Gasteiger charge is 2.22. The van der Waals surface area contributed by atoms with Gasteiger partial charge in [-0.1, -0.05) is 121 Å². The lowest BCUT2D eigenvalue weighted by molar-refractivity contribution is 0.669. The molecular weight excluding hydrogens is 591 g/mol. The molecule has 0 atom stereocenters. The summed E-state index contributed by atoms with van der Waals surface area (Å²) in [5, 5.41) is 9.74. The highest BCUT2D eigenvalue weighted by molar-refractivity contribution is 7.26. The summed E-state index contributed by atoms with van der Waals surface area (Å²) in [6.07, 6.45) is 0. The molecule has 47 heavy (non-hydrogen) atoms. The number of fused-ring (bicyclic) bond motifs is 10. The normalized spacial score (nSPS) is 11.8. The Balaban J connectivity index is 1.32. The largest absolute Gasteiger partial charge is 0.456 e. The molecule has 0 aliphatic carbocycles. The molecule has 2 heterocycles. The van der Waals surface area contributed by atoms with Gasteiger partial charge in [-0.05, 0) is 64.2 Å². The smallest absolute Gasteiger partial charge is 0.136 e. The molecule has 0 radical (unpaired) electrons. The second-order valence-electron chi connectivity index (χ2n) is 12.1. The predicted molar refractivity (Wildman–Crippen MR) is 202 cm³/mol. The fourth-order valence-corrected chi connectivity index (χ4v) is 8.54. The van der Waals surface area contributed by atoms with Gasteiger partial charge in [-0.2, -0.15) is 0 Å². The van der Waals surface area contributed by atoms with Crippen molar-refractivity contribution in [3.63, 3.8) is 0 Å². The summed E-state index contributed by atoms with van der Waals surface area (Å²) in [7, 11) is 0. The van der Waals surface area contributed by atoms with E-state index >= 15 is 0 Å². The minimum Gasteiger partial charge on any atom is -0.456 e. The number of hydrogen-bond acceptors (Lipinski definition) is 3. The number of anilines is 3. The fraction of sp³-hybridized carbons (Fsp3) is 0. The molecule has 220 valence electrons. The molecule has 2 aromatic heterocycles. The van der Waals surface area contributed by atoms with Gasteiger partial charge in [-0.15, -0.1) is 11.3 Å². The van der Waals surface area contributed by atoms with Crippen molar-refractivity contribution >= 4 is 92.1 Å². The number of thiophene rings is 1. The molecule has 2 nitrogen and oxygen atoms in total. The number of para-hydroxylation sites is 2. The van der Waals surface area contributed by atoms with Crippen molar-refractivity contribution in [3.8, 4) is 11.1 Å². The van der Waals surface area contributed by atoms with Crippen LogP contribution in [0.15, 0.2) is 168 Å². The fourth-order valence-electron chi connectivity index (χ4n) is 7.33. The lowest BCUT2D eigenvalue weighted by Crippen LogP contribution is -2.11. The zero-order valence-electron chi connectivity index (χ0n) is 25.4. The van der Waals surface area contributed by atoms with Gasteiger partial charge in [-0.3, -0.25) is 0 Å². The molecule has 3 heteroatoms. The van der Waals surface area contributed by atoms with E-state index in [0.717, 1.165) is 27.9 Å². The maximum atomic E-state index is 6.36. The van der Waals surface area contributed by atoms with Crippen molar-refractivity contribution < 1.29 is 4.42 Å². The molecule has 10 rings (SSSR count). The second-order valence-corrected chi connectivity index (χ2v) is 13.1. The Kier molecular flexibility index (Phi) is 5.78. The van der Waals surface area contributed by atoms with Crippen LogP contribution in [0.1, 0.15) is 0 Å². The lowest BCUT2D eigenvalue weighted by Gasteiger charge is -2.29. The summed E-state index contributed by atoms with van der Waals surface area (Å²) in [6, 6.07) is 59.0. The van der Waals surface area contributed by atoms with E-state index in [1.165, 1.54) is 63.9 Å². The van der Waals surface area contributed by atoms with Gasteiger partial charge in [0, 0.05) is 42.9 Å². The Morgan fingerprint density at radius 3 is 2.09 bits per heavy atom. The average Bonchev–Trinajstić information content (AvgIpc) is 3.71. The van der Waals surface area contributed by atoms with Crippen LogP contribution in [0.5, 0.6) is 0 Å². The second kappa shape index (κ2) is 10.3. The van der Waals surface area contributed by atoms with Crippen molar-refractivity contribution in [1.82, 2.24) is 0 Å². The molecule has 0 spiro atoms. The summed E-state index contributed by atoms with van der Waals surface area (Å²) in [4.78, 5) is 2.46. The number of benzene rings is 8. The van der Waals surface area contributed by atoms with Crippen LogP contribution in [0, 0.1) is 0 Å². The Hall–Kier alpha value is -5.90. The summed E-state index contributed by atoms with van der Waals surface area (Å²) in [5.74, 6) is 0.